The number of likely N-dealkylation sites (N-methyl/N-ethyl adjacent to an activating group) is 1. The molecule has 3 amide bonds. The van der Waals surface area contributed by atoms with E-state index in [0.717, 1.165) is 17.9 Å². The number of nitrogens with one attached hydrogen (secondary N) is 2. The van der Waals surface area contributed by atoms with Crippen molar-refractivity contribution < 1.29 is 9.59 Å². The van der Waals surface area contributed by atoms with Gasteiger partial charge in [0.05, 0.1) is 13.0 Å². The molecule has 0 bridgehead atoms. The third kappa shape index (κ3) is 4.58. The van der Waals surface area contributed by atoms with E-state index in [4.69, 9.17) is 0 Å². The molecular formula is C17H23N5O2. The molecule has 1 heterocycles. The Morgan fingerprint density at radius 3 is 2.58 bits per heavy atom. The first-order valence-corrected chi connectivity index (χ1v) is 7.85. The Hall–Kier alpha value is -2.83. The largest absolute Gasteiger partial charge is 0.359 e. The maximum atomic E-state index is 12.3. The van der Waals surface area contributed by atoms with E-state index in [9.17, 15) is 9.59 Å². The summed E-state index contributed by atoms with van der Waals surface area (Å²) >= 11 is 0. The Bertz CT molecular complexity index is 693. The summed E-state index contributed by atoms with van der Waals surface area (Å²) in [6.45, 7) is 3.28. The van der Waals surface area contributed by atoms with Crippen LogP contribution in [0.25, 0.3) is 0 Å². The summed E-state index contributed by atoms with van der Waals surface area (Å²) in [5, 5.41) is 5.42. The van der Waals surface area contributed by atoms with E-state index in [1.54, 1.807) is 37.3 Å². The standard InChI is InChI=1S/C17H23N5O2/c1-4-22-10-9-19-15(22)12-21(3)17(24)20-14-7-5-13(6-8-14)11-16(23)18-2/h5-10H,4,11-12H2,1-3H3,(H,18,23)(H,20,24). The van der Waals surface area contributed by atoms with Gasteiger partial charge in [0.2, 0.25) is 5.91 Å². The lowest BCUT2D eigenvalue weighted by Crippen LogP contribution is -2.31. The number of nitrogens with zero attached hydrogens (tertiary/aromatic N) is 3. The summed E-state index contributed by atoms with van der Waals surface area (Å²) in [6.07, 6.45) is 3.95. The van der Waals surface area contributed by atoms with Crippen LogP contribution in [0.3, 0.4) is 0 Å². The van der Waals surface area contributed by atoms with Gasteiger partial charge in [0.15, 0.2) is 0 Å². The number of hydrogen-bond acceptors (Lipinski definition) is 3. The topological polar surface area (TPSA) is 79.3 Å². The van der Waals surface area contributed by atoms with Crippen molar-refractivity contribution in [3.63, 3.8) is 0 Å². The third-order valence-electron chi connectivity index (χ3n) is 3.72. The van der Waals surface area contributed by atoms with Crippen LogP contribution in [0.2, 0.25) is 0 Å². The monoisotopic (exact) mass is 329 g/mol. The van der Waals surface area contributed by atoms with Crippen molar-refractivity contribution in [1.29, 1.82) is 0 Å². The lowest BCUT2D eigenvalue weighted by molar-refractivity contribution is -0.119. The number of rotatable bonds is 6. The number of imidazole rings is 1. The number of carbonyl (C=O) groups excluding carboxylic acids is 2. The normalized spacial score (nSPS) is 10.3. The first-order chi connectivity index (χ1) is 11.5. The van der Waals surface area contributed by atoms with Gasteiger partial charge >= 0.3 is 6.03 Å². The van der Waals surface area contributed by atoms with Crippen molar-refractivity contribution in [2.24, 2.45) is 0 Å². The molecule has 2 rings (SSSR count). The second-order valence-corrected chi connectivity index (χ2v) is 5.46. The zero-order valence-corrected chi connectivity index (χ0v) is 14.2. The zero-order chi connectivity index (χ0) is 17.5. The fourth-order valence-corrected chi connectivity index (χ4v) is 2.26. The first-order valence-electron chi connectivity index (χ1n) is 7.85. The maximum absolute atomic E-state index is 12.3. The van der Waals surface area contributed by atoms with Crippen LogP contribution in [0, 0.1) is 0 Å². The molecular weight excluding hydrogens is 306 g/mol. The summed E-state index contributed by atoms with van der Waals surface area (Å²) in [5.74, 6) is 0.800. The van der Waals surface area contributed by atoms with Gasteiger partial charge < -0.3 is 20.1 Å². The highest BCUT2D eigenvalue weighted by Gasteiger charge is 2.12. The Kier molecular flexibility index (Phi) is 5.95. The van der Waals surface area contributed by atoms with E-state index in [0.29, 0.717) is 18.7 Å². The van der Waals surface area contributed by atoms with Crippen LogP contribution in [-0.4, -0.2) is 40.5 Å². The van der Waals surface area contributed by atoms with Gasteiger partial charge in [-0.2, -0.15) is 0 Å². The molecule has 1 aromatic heterocycles. The average molecular weight is 329 g/mol. The van der Waals surface area contributed by atoms with Crippen LogP contribution >= 0.6 is 0 Å². The summed E-state index contributed by atoms with van der Waals surface area (Å²) in [6, 6.07) is 7.02. The SMILES string of the molecule is CCn1ccnc1CN(C)C(=O)Nc1ccc(CC(=O)NC)cc1. The number of anilines is 1. The van der Waals surface area contributed by atoms with E-state index < -0.39 is 0 Å². The van der Waals surface area contributed by atoms with Crippen LogP contribution < -0.4 is 10.6 Å². The Morgan fingerprint density at radius 2 is 1.96 bits per heavy atom. The Morgan fingerprint density at radius 1 is 1.25 bits per heavy atom. The summed E-state index contributed by atoms with van der Waals surface area (Å²) < 4.78 is 2.00. The molecule has 0 atom stereocenters. The quantitative estimate of drug-likeness (QED) is 0.849. The molecule has 0 saturated heterocycles. The molecule has 0 fully saturated rings. The van der Waals surface area contributed by atoms with Crippen molar-refractivity contribution in [2.75, 3.05) is 19.4 Å². The molecule has 0 aliphatic carbocycles. The van der Waals surface area contributed by atoms with Gasteiger partial charge in [-0.1, -0.05) is 12.1 Å². The van der Waals surface area contributed by atoms with Gasteiger partial charge in [-0.3, -0.25) is 4.79 Å². The second-order valence-electron chi connectivity index (χ2n) is 5.46. The van der Waals surface area contributed by atoms with Gasteiger partial charge in [0, 0.05) is 38.7 Å². The van der Waals surface area contributed by atoms with Crippen LogP contribution in [0.4, 0.5) is 10.5 Å². The molecule has 7 heteroatoms. The minimum atomic E-state index is -0.209. The smallest absolute Gasteiger partial charge is 0.321 e. The minimum absolute atomic E-state index is 0.0436. The number of hydrogen-bond donors (Lipinski definition) is 2. The fourth-order valence-electron chi connectivity index (χ4n) is 2.26. The number of benzene rings is 1. The number of aryl methyl sites for hydroxylation is 1. The van der Waals surface area contributed by atoms with Gasteiger partial charge in [-0.05, 0) is 24.6 Å². The van der Waals surface area contributed by atoms with E-state index in [-0.39, 0.29) is 11.9 Å². The van der Waals surface area contributed by atoms with E-state index in [1.807, 2.05) is 29.8 Å². The number of amides is 3. The Balaban J connectivity index is 1.92. The highest BCUT2D eigenvalue weighted by Crippen LogP contribution is 2.11. The van der Waals surface area contributed by atoms with Crippen LogP contribution in [0.15, 0.2) is 36.7 Å². The molecule has 0 unspecified atom stereocenters. The van der Waals surface area contributed by atoms with Crippen molar-refractivity contribution in [3.05, 3.63) is 48.0 Å². The third-order valence-corrected chi connectivity index (χ3v) is 3.72. The summed E-state index contributed by atoms with van der Waals surface area (Å²) in [4.78, 5) is 29.4. The number of aromatic nitrogens is 2. The second kappa shape index (κ2) is 8.14. The van der Waals surface area contributed by atoms with E-state index in [2.05, 4.69) is 15.6 Å². The van der Waals surface area contributed by atoms with Gasteiger partial charge in [0.1, 0.15) is 5.82 Å². The van der Waals surface area contributed by atoms with Crippen molar-refractivity contribution in [1.82, 2.24) is 19.8 Å². The molecule has 0 radical (unpaired) electrons. The molecule has 24 heavy (non-hydrogen) atoms. The van der Waals surface area contributed by atoms with Crippen LogP contribution in [0.5, 0.6) is 0 Å². The molecule has 1 aromatic carbocycles. The molecule has 2 N–H and O–H groups in total. The first kappa shape index (κ1) is 17.5. The van der Waals surface area contributed by atoms with E-state index >= 15 is 0 Å². The average Bonchev–Trinajstić information content (AvgIpc) is 3.03. The predicted octanol–water partition coefficient (Wildman–Crippen LogP) is 1.86. The fraction of sp³-hybridized carbons (Fsp3) is 0.353. The van der Waals surface area contributed by atoms with Crippen molar-refractivity contribution in [3.8, 4) is 0 Å². The molecule has 7 nitrogen and oxygen atoms in total. The van der Waals surface area contributed by atoms with E-state index in [1.165, 1.54) is 0 Å². The van der Waals surface area contributed by atoms with Crippen LogP contribution in [-0.2, 0) is 24.3 Å². The van der Waals surface area contributed by atoms with Crippen LogP contribution in [0.1, 0.15) is 18.3 Å². The molecule has 0 saturated carbocycles. The lowest BCUT2D eigenvalue weighted by atomic mass is 10.1. The minimum Gasteiger partial charge on any atom is -0.359 e. The molecule has 2 aromatic rings. The van der Waals surface area contributed by atoms with Gasteiger partial charge in [0.25, 0.3) is 0 Å². The van der Waals surface area contributed by atoms with Crippen molar-refractivity contribution in [2.45, 2.75) is 26.4 Å². The predicted molar refractivity (Wildman–Crippen MR) is 92.6 cm³/mol. The molecule has 128 valence electrons. The van der Waals surface area contributed by atoms with Gasteiger partial charge in [-0.25, -0.2) is 9.78 Å². The Labute approximate surface area is 141 Å². The molecule has 0 aliphatic heterocycles. The number of carbonyl (C=O) groups is 2. The van der Waals surface area contributed by atoms with Crippen molar-refractivity contribution >= 4 is 17.6 Å². The lowest BCUT2D eigenvalue weighted by Gasteiger charge is -2.18. The highest BCUT2D eigenvalue weighted by atomic mass is 16.2. The molecule has 0 aliphatic rings. The van der Waals surface area contributed by atoms with Gasteiger partial charge in [-0.15, -0.1) is 0 Å². The zero-order valence-electron chi connectivity index (χ0n) is 14.2. The maximum Gasteiger partial charge on any atom is 0.321 e. The molecule has 0 spiro atoms. The summed E-state index contributed by atoms with van der Waals surface area (Å²) in [5.41, 5.74) is 1.58. The summed E-state index contributed by atoms with van der Waals surface area (Å²) in [7, 11) is 3.33. The highest BCUT2D eigenvalue weighted by molar-refractivity contribution is 5.89. The number of urea groups is 1.